The number of fused-ring (bicyclic) bond motifs is 1. The second-order valence-corrected chi connectivity index (χ2v) is 9.70. The molecule has 9 heteroatoms. The number of allylic oxidation sites excluding steroid dienone is 2. The van der Waals surface area contributed by atoms with Crippen LogP contribution in [0.2, 0.25) is 0 Å². The molecule has 2 heterocycles. The second kappa shape index (κ2) is 11.0. The van der Waals surface area contributed by atoms with E-state index >= 15 is 4.39 Å². The minimum atomic E-state index is -1.91. The van der Waals surface area contributed by atoms with Crippen LogP contribution in [0.4, 0.5) is 10.1 Å². The number of ether oxygens (including phenoxy) is 2. The van der Waals surface area contributed by atoms with Crippen LogP contribution in [0, 0.1) is 11.7 Å². The van der Waals surface area contributed by atoms with E-state index < -0.39 is 22.9 Å². The molecule has 186 valence electrons. The van der Waals surface area contributed by atoms with E-state index in [0.717, 1.165) is 31.6 Å². The zero-order valence-electron chi connectivity index (χ0n) is 19.8. The van der Waals surface area contributed by atoms with Gasteiger partial charge in [-0.1, -0.05) is 44.4 Å². The van der Waals surface area contributed by atoms with Gasteiger partial charge in [0.2, 0.25) is 11.2 Å². The lowest BCUT2D eigenvalue weighted by Crippen LogP contribution is -2.24. The summed E-state index contributed by atoms with van der Waals surface area (Å²) in [7, 11) is 0. The topological polar surface area (TPSA) is 71.1 Å². The Morgan fingerprint density at radius 3 is 2.80 bits per heavy atom. The fraction of sp³-hybridized carbons (Fsp3) is 0.346. The third kappa shape index (κ3) is 5.57. The molecular formula is C26H30FN3O4S. The number of halogens is 1. The summed E-state index contributed by atoms with van der Waals surface area (Å²) in [6.45, 7) is 13.1. The van der Waals surface area contributed by atoms with Crippen molar-refractivity contribution < 1.29 is 22.9 Å². The minimum Gasteiger partial charge on any atom is -0.493 e. The first-order valence-electron chi connectivity index (χ1n) is 11.6. The van der Waals surface area contributed by atoms with E-state index in [0.29, 0.717) is 29.0 Å². The molecule has 2 unspecified atom stereocenters. The van der Waals surface area contributed by atoms with Crippen LogP contribution in [0.5, 0.6) is 11.5 Å². The van der Waals surface area contributed by atoms with Gasteiger partial charge in [-0.15, -0.1) is 0 Å². The number of hydrogen-bond donors (Lipinski definition) is 1. The highest BCUT2D eigenvalue weighted by Gasteiger charge is 2.33. The summed E-state index contributed by atoms with van der Waals surface area (Å²) < 4.78 is 43.8. The van der Waals surface area contributed by atoms with E-state index in [-0.39, 0.29) is 24.6 Å². The number of rotatable bonds is 10. The Bertz CT molecular complexity index is 1200. The van der Waals surface area contributed by atoms with Crippen LogP contribution in [0.25, 0.3) is 10.8 Å². The smallest absolute Gasteiger partial charge is 0.253 e. The molecule has 4 rings (SSSR count). The maximum absolute atomic E-state index is 15.9. The van der Waals surface area contributed by atoms with Gasteiger partial charge in [-0.2, -0.15) is 0 Å². The Balaban J connectivity index is 1.66. The van der Waals surface area contributed by atoms with E-state index in [9.17, 15) is 9.00 Å². The van der Waals surface area contributed by atoms with E-state index in [1.807, 2.05) is 6.07 Å². The van der Waals surface area contributed by atoms with Gasteiger partial charge in [0.25, 0.3) is 5.91 Å². The molecule has 0 aliphatic carbocycles. The van der Waals surface area contributed by atoms with Crippen LogP contribution in [-0.2, 0) is 16.0 Å². The second-order valence-electron chi connectivity index (χ2n) is 8.56. The maximum atomic E-state index is 15.9. The molecular weight excluding hydrogens is 469 g/mol. The Kier molecular flexibility index (Phi) is 7.87. The monoisotopic (exact) mass is 499 g/mol. The van der Waals surface area contributed by atoms with Crippen LogP contribution >= 0.6 is 0 Å². The number of hydrogen-bond acceptors (Lipinski definition) is 5. The van der Waals surface area contributed by atoms with E-state index in [1.54, 1.807) is 36.4 Å². The van der Waals surface area contributed by atoms with Crippen LogP contribution in [0.3, 0.4) is 0 Å². The number of benzene rings is 2. The highest BCUT2D eigenvalue weighted by atomic mass is 32.2. The Labute approximate surface area is 207 Å². The van der Waals surface area contributed by atoms with Gasteiger partial charge in [0, 0.05) is 17.8 Å². The molecule has 0 bridgehead atoms. The Morgan fingerprint density at radius 2 is 2.14 bits per heavy atom. The van der Waals surface area contributed by atoms with Gasteiger partial charge in [-0.05, 0) is 48.7 Å². The Morgan fingerprint density at radius 1 is 1.31 bits per heavy atom. The van der Waals surface area contributed by atoms with Crippen LogP contribution in [-0.4, -0.2) is 54.4 Å². The third-order valence-corrected chi connectivity index (χ3v) is 7.33. The SMILES string of the molecule is C=C/C=C(\C=C)COc1cc2ccc(OCC3CCN(CC)C3)cc2c(F)c1N1CC(=O)NS1=O. The summed E-state index contributed by atoms with van der Waals surface area (Å²) in [6.07, 6.45) is 6.03. The lowest BCUT2D eigenvalue weighted by molar-refractivity contribution is -0.117. The van der Waals surface area contributed by atoms with Crippen molar-refractivity contribution in [1.29, 1.82) is 0 Å². The van der Waals surface area contributed by atoms with Gasteiger partial charge in [-0.3, -0.25) is 13.8 Å². The number of amides is 1. The number of carbonyl (C=O) groups excluding carboxylic acids is 1. The van der Waals surface area contributed by atoms with Gasteiger partial charge in [0.15, 0.2) is 5.82 Å². The van der Waals surface area contributed by atoms with Crippen molar-refractivity contribution >= 4 is 33.5 Å². The molecule has 2 fully saturated rings. The van der Waals surface area contributed by atoms with Gasteiger partial charge in [0.05, 0.1) is 6.61 Å². The van der Waals surface area contributed by atoms with E-state index in [2.05, 4.69) is 29.7 Å². The molecule has 0 aromatic heterocycles. The quantitative estimate of drug-likeness (QED) is 0.503. The van der Waals surface area contributed by atoms with Crippen molar-refractivity contribution in [3.63, 3.8) is 0 Å². The third-order valence-electron chi connectivity index (χ3n) is 6.22. The largest absolute Gasteiger partial charge is 0.493 e. The fourth-order valence-corrected chi connectivity index (χ4v) is 5.24. The normalized spacial score (nSPS) is 20.8. The van der Waals surface area contributed by atoms with Gasteiger partial charge in [0.1, 0.15) is 30.3 Å². The lowest BCUT2D eigenvalue weighted by Gasteiger charge is -2.21. The van der Waals surface area contributed by atoms with Crippen molar-refractivity contribution in [2.75, 3.05) is 43.7 Å². The molecule has 2 aromatic carbocycles. The zero-order valence-corrected chi connectivity index (χ0v) is 20.6. The highest BCUT2D eigenvalue weighted by Crippen LogP contribution is 2.40. The molecule has 7 nitrogen and oxygen atoms in total. The van der Waals surface area contributed by atoms with Crippen molar-refractivity contribution in [2.24, 2.45) is 5.92 Å². The van der Waals surface area contributed by atoms with Crippen LogP contribution < -0.4 is 18.5 Å². The summed E-state index contributed by atoms with van der Waals surface area (Å²) in [5, 5.41) is 0.900. The highest BCUT2D eigenvalue weighted by molar-refractivity contribution is 7.85. The molecule has 2 aromatic rings. The summed E-state index contributed by atoms with van der Waals surface area (Å²) in [5.41, 5.74) is 0.697. The molecule has 2 saturated heterocycles. The average molecular weight is 500 g/mol. The number of likely N-dealkylation sites (tertiary alicyclic amines) is 1. The molecule has 2 aliphatic heterocycles. The number of nitrogens with one attached hydrogen (secondary N) is 1. The molecule has 0 radical (unpaired) electrons. The molecule has 0 spiro atoms. The van der Waals surface area contributed by atoms with E-state index in [1.165, 1.54) is 4.31 Å². The first kappa shape index (κ1) is 24.9. The van der Waals surface area contributed by atoms with E-state index in [4.69, 9.17) is 9.47 Å². The minimum absolute atomic E-state index is 0.0391. The molecule has 1 amide bonds. The van der Waals surface area contributed by atoms with Crippen LogP contribution in [0.1, 0.15) is 13.3 Å². The summed E-state index contributed by atoms with van der Waals surface area (Å²) >= 11 is -1.91. The van der Waals surface area contributed by atoms with Gasteiger partial charge in [-0.25, -0.2) is 8.60 Å². The number of carbonyl (C=O) groups is 1. The predicted octanol–water partition coefficient (Wildman–Crippen LogP) is 3.89. The standard InChI is InChI=1S/C26H30FN3O4S/c1-4-7-18(5-2)16-34-23-12-20-8-9-21(33-17-19-10-11-29(6-3)14-19)13-22(20)25(27)26(23)30-15-24(31)28-35(30)32/h4-5,7-9,12-13,19H,1-2,6,10-11,14-17H2,3H3,(H,28,31)/b18-7+. The van der Waals surface area contributed by atoms with Crippen molar-refractivity contribution in [2.45, 2.75) is 13.3 Å². The molecule has 35 heavy (non-hydrogen) atoms. The molecule has 2 aliphatic rings. The maximum Gasteiger partial charge on any atom is 0.253 e. The average Bonchev–Trinajstić information content (AvgIpc) is 3.45. The predicted molar refractivity (Wildman–Crippen MR) is 137 cm³/mol. The summed E-state index contributed by atoms with van der Waals surface area (Å²) in [4.78, 5) is 14.2. The molecule has 2 atom stereocenters. The number of anilines is 1. The van der Waals surface area contributed by atoms with Crippen molar-refractivity contribution in [3.05, 3.63) is 67.0 Å². The molecule has 1 N–H and O–H groups in total. The van der Waals surface area contributed by atoms with Crippen molar-refractivity contribution in [3.8, 4) is 11.5 Å². The van der Waals surface area contributed by atoms with Crippen LogP contribution in [0.15, 0.2) is 61.2 Å². The van der Waals surface area contributed by atoms with Crippen molar-refractivity contribution in [1.82, 2.24) is 9.62 Å². The van der Waals surface area contributed by atoms with Gasteiger partial charge >= 0.3 is 0 Å². The summed E-state index contributed by atoms with van der Waals surface area (Å²) in [6, 6.07) is 6.91. The Hall–Kier alpha value is -3.17. The lowest BCUT2D eigenvalue weighted by atomic mass is 10.1. The fourth-order valence-electron chi connectivity index (χ4n) is 4.30. The summed E-state index contributed by atoms with van der Waals surface area (Å²) in [5.74, 6) is 0.0932. The number of nitrogens with zero attached hydrogens (tertiary/aromatic N) is 2. The first-order chi connectivity index (χ1) is 16.9. The first-order valence-corrected chi connectivity index (χ1v) is 12.7. The van der Waals surface area contributed by atoms with Gasteiger partial charge < -0.3 is 14.4 Å². The molecule has 0 saturated carbocycles. The zero-order chi connectivity index (χ0) is 24.9.